The molecule has 0 heterocycles. The molecule has 0 saturated heterocycles. The Hall–Kier alpha value is -3.56. The monoisotopic (exact) mass is 480 g/mol. The van der Waals surface area contributed by atoms with Crippen LogP contribution in [0.1, 0.15) is 28.6 Å². The Morgan fingerprint density at radius 2 is 1.34 bits per heavy atom. The SMILES string of the molecule is CCOC(=O)c1ccc(C(Nc2ccc(OC)cc2)P(c2ccccc2)c2ccccc2)cc1.[B]. The number of ether oxygens (including phenoxy) is 2. The summed E-state index contributed by atoms with van der Waals surface area (Å²) in [5.74, 6) is 0.487. The Bertz CT molecular complexity index is 1150. The predicted octanol–water partition coefficient (Wildman–Crippen LogP) is 5.73. The molecule has 0 aliphatic carbocycles. The molecule has 4 aromatic rings. The normalized spacial score (nSPS) is 11.3. The van der Waals surface area contributed by atoms with Gasteiger partial charge in [-0.05, 0) is 67.4 Å². The van der Waals surface area contributed by atoms with E-state index in [0.29, 0.717) is 12.2 Å². The van der Waals surface area contributed by atoms with Gasteiger partial charge in [-0.3, -0.25) is 0 Å². The summed E-state index contributed by atoms with van der Waals surface area (Å²) in [6.07, 6.45) is 0. The molecule has 3 radical (unpaired) electrons. The molecule has 1 atom stereocenters. The molecule has 6 heteroatoms. The second kappa shape index (κ2) is 12.8. The van der Waals surface area contributed by atoms with Gasteiger partial charge in [-0.1, -0.05) is 72.8 Å². The van der Waals surface area contributed by atoms with E-state index in [1.165, 1.54) is 10.6 Å². The van der Waals surface area contributed by atoms with Gasteiger partial charge in [0.2, 0.25) is 0 Å². The number of carbonyl (C=O) groups is 1. The van der Waals surface area contributed by atoms with E-state index in [-0.39, 0.29) is 20.2 Å². The Balaban J connectivity index is 0.00000342. The minimum atomic E-state index is -0.816. The van der Waals surface area contributed by atoms with Crippen LogP contribution in [0.3, 0.4) is 0 Å². The molecule has 1 N–H and O–H groups in total. The summed E-state index contributed by atoms with van der Waals surface area (Å²) in [4.78, 5) is 12.2. The van der Waals surface area contributed by atoms with E-state index < -0.39 is 7.92 Å². The van der Waals surface area contributed by atoms with Crippen LogP contribution < -0.4 is 20.7 Å². The van der Waals surface area contributed by atoms with E-state index in [4.69, 9.17) is 9.47 Å². The molecule has 1 unspecified atom stereocenters. The molecule has 0 amide bonds. The number of carbonyl (C=O) groups excluding carboxylic acids is 1. The van der Waals surface area contributed by atoms with E-state index in [1.54, 1.807) is 7.11 Å². The fourth-order valence-electron chi connectivity index (χ4n) is 3.78. The molecule has 4 nitrogen and oxygen atoms in total. The van der Waals surface area contributed by atoms with E-state index in [2.05, 4.69) is 53.8 Å². The van der Waals surface area contributed by atoms with Crippen molar-refractivity contribution in [2.24, 2.45) is 0 Å². The first-order valence-electron chi connectivity index (χ1n) is 11.3. The average Bonchev–Trinajstić information content (AvgIpc) is 2.90. The molecule has 4 rings (SSSR count). The van der Waals surface area contributed by atoms with E-state index in [0.717, 1.165) is 17.0 Å². The molecule has 4 aromatic carbocycles. The van der Waals surface area contributed by atoms with Gasteiger partial charge < -0.3 is 14.8 Å². The summed E-state index contributed by atoms with van der Waals surface area (Å²) in [5, 5.41) is 6.31. The van der Waals surface area contributed by atoms with Gasteiger partial charge in [0.25, 0.3) is 0 Å². The molecule has 35 heavy (non-hydrogen) atoms. The summed E-state index contributed by atoms with van der Waals surface area (Å²) in [6, 6.07) is 36.9. The lowest BCUT2D eigenvalue weighted by Crippen LogP contribution is -2.22. The van der Waals surface area contributed by atoms with Crippen LogP contribution in [0.2, 0.25) is 0 Å². The van der Waals surface area contributed by atoms with Crippen molar-refractivity contribution in [1.29, 1.82) is 0 Å². The zero-order valence-electron chi connectivity index (χ0n) is 19.9. The van der Waals surface area contributed by atoms with Crippen LogP contribution in [0.25, 0.3) is 0 Å². The minimum Gasteiger partial charge on any atom is -0.497 e. The second-order valence-electron chi connectivity index (χ2n) is 7.66. The van der Waals surface area contributed by atoms with Crippen molar-refractivity contribution in [3.63, 3.8) is 0 Å². The van der Waals surface area contributed by atoms with Gasteiger partial charge in [0.15, 0.2) is 0 Å². The van der Waals surface area contributed by atoms with Gasteiger partial charge in [-0.25, -0.2) is 4.79 Å². The van der Waals surface area contributed by atoms with Crippen molar-refractivity contribution in [2.45, 2.75) is 12.7 Å². The first-order valence-corrected chi connectivity index (χ1v) is 12.7. The lowest BCUT2D eigenvalue weighted by Gasteiger charge is -2.31. The van der Waals surface area contributed by atoms with Crippen LogP contribution in [0.15, 0.2) is 109 Å². The Kier molecular flexibility index (Phi) is 9.52. The summed E-state index contributed by atoms with van der Waals surface area (Å²) >= 11 is 0. The van der Waals surface area contributed by atoms with Gasteiger partial charge in [-0.2, -0.15) is 0 Å². The lowest BCUT2D eigenvalue weighted by molar-refractivity contribution is 0.0526. The van der Waals surface area contributed by atoms with Crippen LogP contribution in [-0.2, 0) is 4.74 Å². The molecule has 0 spiro atoms. The Morgan fingerprint density at radius 3 is 1.83 bits per heavy atom. The van der Waals surface area contributed by atoms with Crippen LogP contribution in [0, 0.1) is 0 Å². The van der Waals surface area contributed by atoms with Crippen molar-refractivity contribution in [1.82, 2.24) is 0 Å². The predicted molar refractivity (Wildman–Crippen MR) is 147 cm³/mol. The van der Waals surface area contributed by atoms with Crippen LogP contribution in [0.5, 0.6) is 5.75 Å². The third-order valence-electron chi connectivity index (χ3n) is 5.46. The maximum atomic E-state index is 12.2. The average molecular weight is 480 g/mol. The van der Waals surface area contributed by atoms with Crippen molar-refractivity contribution in [3.05, 3.63) is 120 Å². The van der Waals surface area contributed by atoms with Crippen molar-refractivity contribution in [2.75, 3.05) is 19.0 Å². The van der Waals surface area contributed by atoms with Crippen LogP contribution in [0.4, 0.5) is 5.69 Å². The highest BCUT2D eigenvalue weighted by Gasteiger charge is 2.26. The molecule has 0 aliphatic rings. The maximum Gasteiger partial charge on any atom is 0.338 e. The number of methoxy groups -OCH3 is 1. The van der Waals surface area contributed by atoms with Crippen molar-refractivity contribution >= 4 is 38.6 Å². The van der Waals surface area contributed by atoms with Gasteiger partial charge in [0, 0.05) is 14.1 Å². The first-order chi connectivity index (χ1) is 16.7. The molecule has 0 aliphatic heterocycles. The third kappa shape index (κ3) is 6.52. The van der Waals surface area contributed by atoms with E-state index in [9.17, 15) is 4.79 Å². The molecule has 0 saturated carbocycles. The quantitative estimate of drug-likeness (QED) is 0.189. The number of benzene rings is 4. The highest BCUT2D eigenvalue weighted by Crippen LogP contribution is 2.49. The Labute approximate surface area is 210 Å². The number of rotatable bonds is 9. The fourth-order valence-corrected chi connectivity index (χ4v) is 6.41. The Morgan fingerprint density at radius 1 is 0.800 bits per heavy atom. The number of hydrogen-bond acceptors (Lipinski definition) is 4. The number of hydrogen-bond donors (Lipinski definition) is 1. The standard InChI is InChI=1S/C29H28NO3P.B/c1-3-33-29(31)23-16-14-22(15-17-23)28(30-24-18-20-25(32-2)21-19-24)34(26-10-6-4-7-11-26)27-12-8-5-9-13-27;/h4-21,28,30H,3H2,1-2H3;. The van der Waals surface area contributed by atoms with Crippen molar-refractivity contribution < 1.29 is 14.3 Å². The molecule has 0 aromatic heterocycles. The number of nitrogens with one attached hydrogen (secondary N) is 1. The lowest BCUT2D eigenvalue weighted by atomic mass is 10.1. The topological polar surface area (TPSA) is 47.6 Å². The largest absolute Gasteiger partial charge is 0.497 e. The van der Waals surface area contributed by atoms with Crippen molar-refractivity contribution in [3.8, 4) is 5.75 Å². The van der Waals surface area contributed by atoms with E-state index in [1.807, 2.05) is 67.6 Å². The smallest absolute Gasteiger partial charge is 0.338 e. The van der Waals surface area contributed by atoms with E-state index >= 15 is 0 Å². The second-order valence-corrected chi connectivity index (χ2v) is 9.95. The molecule has 175 valence electrons. The summed E-state index contributed by atoms with van der Waals surface area (Å²) in [6.45, 7) is 2.17. The number of anilines is 1. The third-order valence-corrected chi connectivity index (χ3v) is 8.11. The van der Waals surface area contributed by atoms with Crippen LogP contribution >= 0.6 is 7.92 Å². The van der Waals surface area contributed by atoms with Crippen LogP contribution in [-0.4, -0.2) is 28.1 Å². The highest BCUT2D eigenvalue weighted by atomic mass is 31.1. The zero-order valence-corrected chi connectivity index (χ0v) is 20.8. The molecular weight excluding hydrogens is 452 g/mol. The molecule has 0 bridgehead atoms. The zero-order chi connectivity index (χ0) is 23.8. The number of esters is 1. The highest BCUT2D eigenvalue weighted by molar-refractivity contribution is 7.73. The summed E-state index contributed by atoms with van der Waals surface area (Å²) in [5.41, 5.74) is 2.65. The molecular formula is C29H28BNO3P. The van der Waals surface area contributed by atoms with Gasteiger partial charge >= 0.3 is 5.97 Å². The van der Waals surface area contributed by atoms with Gasteiger partial charge in [-0.15, -0.1) is 0 Å². The summed E-state index contributed by atoms with van der Waals surface area (Å²) in [7, 11) is 0.851. The maximum absolute atomic E-state index is 12.2. The van der Waals surface area contributed by atoms with Gasteiger partial charge in [0.1, 0.15) is 5.75 Å². The van der Waals surface area contributed by atoms with Gasteiger partial charge in [0.05, 0.1) is 25.1 Å². The summed E-state index contributed by atoms with van der Waals surface area (Å²) < 4.78 is 10.5. The first kappa shape index (κ1) is 26.1. The minimum absolute atomic E-state index is 0. The molecule has 0 fully saturated rings. The fraction of sp³-hybridized carbons (Fsp3) is 0.138.